The molecule has 1 saturated heterocycles. The van der Waals surface area contributed by atoms with Gasteiger partial charge in [-0.2, -0.15) is 13.2 Å². The molecule has 0 unspecified atom stereocenters. The van der Waals surface area contributed by atoms with Crippen LogP contribution < -0.4 is 5.32 Å². The Morgan fingerprint density at radius 3 is 2.43 bits per heavy atom. The lowest BCUT2D eigenvalue weighted by atomic mass is 9.98. The van der Waals surface area contributed by atoms with Gasteiger partial charge in [-0.05, 0) is 0 Å². The number of alkyl halides is 4. The third-order valence-electron chi connectivity index (χ3n) is 2.00. The van der Waals surface area contributed by atoms with Crippen molar-refractivity contribution in [1.29, 1.82) is 0 Å². The van der Waals surface area contributed by atoms with Crippen LogP contribution in [-0.4, -0.2) is 18.1 Å². The Kier molecular flexibility index (Phi) is 2.04. The van der Waals surface area contributed by atoms with E-state index >= 15 is 0 Å². The smallest absolute Gasteiger partial charge is 0.309 e. The molecule has 0 bridgehead atoms. The lowest BCUT2D eigenvalue weighted by molar-refractivity contribution is -0.137. The second-order valence-corrected chi connectivity index (χ2v) is 4.13. The van der Waals surface area contributed by atoms with Crippen molar-refractivity contribution in [1.82, 2.24) is 10.3 Å². The van der Waals surface area contributed by atoms with Crippen molar-refractivity contribution >= 4 is 11.3 Å². The average molecular weight is 226 g/mol. The number of nitrogens with one attached hydrogen (secondary N) is 1. The van der Waals surface area contributed by atoms with Gasteiger partial charge in [-0.1, -0.05) is 0 Å². The third-order valence-corrected chi connectivity index (χ3v) is 3.22. The standard InChI is InChI=1S/C7H6F4N2S/c8-6(2-12-3-6)4-1-13-5(14-4)7(9,10)11/h1,12H,2-3H2. The van der Waals surface area contributed by atoms with Crippen molar-refractivity contribution in [3.05, 3.63) is 16.1 Å². The maximum absolute atomic E-state index is 13.6. The predicted molar refractivity (Wildman–Crippen MR) is 42.8 cm³/mol. The Morgan fingerprint density at radius 1 is 1.43 bits per heavy atom. The van der Waals surface area contributed by atoms with Crippen LogP contribution in [0.1, 0.15) is 9.88 Å². The van der Waals surface area contributed by atoms with E-state index in [4.69, 9.17) is 0 Å². The first-order chi connectivity index (χ1) is 6.42. The largest absolute Gasteiger partial charge is 0.443 e. The second kappa shape index (κ2) is 2.90. The van der Waals surface area contributed by atoms with Crippen LogP contribution in [0.2, 0.25) is 0 Å². The molecule has 0 amide bonds. The van der Waals surface area contributed by atoms with Gasteiger partial charge in [0, 0.05) is 19.3 Å². The molecule has 1 aromatic rings. The van der Waals surface area contributed by atoms with Crippen molar-refractivity contribution in [2.75, 3.05) is 13.1 Å². The Labute approximate surface area is 81.0 Å². The van der Waals surface area contributed by atoms with Gasteiger partial charge in [0.05, 0.1) is 4.88 Å². The van der Waals surface area contributed by atoms with Crippen molar-refractivity contribution < 1.29 is 17.6 Å². The summed E-state index contributed by atoms with van der Waals surface area (Å²) in [6.45, 7) is 0.124. The van der Waals surface area contributed by atoms with E-state index in [0.717, 1.165) is 6.20 Å². The Hall–Kier alpha value is -0.690. The van der Waals surface area contributed by atoms with Crippen LogP contribution in [0.5, 0.6) is 0 Å². The van der Waals surface area contributed by atoms with Crippen LogP contribution in [0.15, 0.2) is 6.20 Å². The molecule has 2 rings (SSSR count). The highest BCUT2D eigenvalue weighted by Gasteiger charge is 2.43. The molecule has 78 valence electrons. The molecule has 1 N–H and O–H groups in total. The zero-order valence-electron chi connectivity index (χ0n) is 6.86. The molecule has 0 aromatic carbocycles. The summed E-state index contributed by atoms with van der Waals surface area (Å²) < 4.78 is 49.9. The minimum absolute atomic E-state index is 0.0450. The summed E-state index contributed by atoms with van der Waals surface area (Å²) in [5.41, 5.74) is -1.65. The number of nitrogens with zero attached hydrogens (tertiary/aromatic N) is 1. The first-order valence-electron chi connectivity index (χ1n) is 3.85. The van der Waals surface area contributed by atoms with Gasteiger partial charge in [0.15, 0.2) is 10.7 Å². The van der Waals surface area contributed by atoms with Crippen LogP contribution in [0.4, 0.5) is 17.6 Å². The Balaban J connectivity index is 2.26. The number of hydrogen-bond acceptors (Lipinski definition) is 3. The minimum Gasteiger partial charge on any atom is -0.309 e. The molecule has 0 aliphatic carbocycles. The summed E-state index contributed by atoms with van der Waals surface area (Å²) in [4.78, 5) is 3.21. The molecule has 0 radical (unpaired) electrons. The number of thiazole rings is 1. The van der Waals surface area contributed by atoms with E-state index < -0.39 is 16.9 Å². The summed E-state index contributed by atoms with van der Waals surface area (Å²) in [6, 6.07) is 0. The maximum atomic E-state index is 13.6. The highest BCUT2D eigenvalue weighted by atomic mass is 32.1. The van der Waals surface area contributed by atoms with E-state index in [-0.39, 0.29) is 18.0 Å². The van der Waals surface area contributed by atoms with Crippen molar-refractivity contribution in [3.63, 3.8) is 0 Å². The van der Waals surface area contributed by atoms with Gasteiger partial charge in [-0.15, -0.1) is 11.3 Å². The van der Waals surface area contributed by atoms with Gasteiger partial charge in [0.1, 0.15) is 0 Å². The Bertz CT molecular complexity index is 342. The molecule has 0 atom stereocenters. The second-order valence-electron chi connectivity index (χ2n) is 3.10. The van der Waals surface area contributed by atoms with E-state index in [9.17, 15) is 17.6 Å². The van der Waals surface area contributed by atoms with Gasteiger partial charge in [-0.3, -0.25) is 0 Å². The zero-order chi connectivity index (χ0) is 10.4. The quantitative estimate of drug-likeness (QED) is 0.740. The van der Waals surface area contributed by atoms with E-state index in [2.05, 4.69) is 10.3 Å². The predicted octanol–water partition coefficient (Wildman–Crippen LogP) is 1.93. The highest BCUT2D eigenvalue weighted by Crippen LogP contribution is 2.39. The van der Waals surface area contributed by atoms with Crippen molar-refractivity contribution in [3.8, 4) is 0 Å². The maximum Gasteiger partial charge on any atom is 0.443 e. The molecule has 1 fully saturated rings. The molecule has 2 nitrogen and oxygen atoms in total. The van der Waals surface area contributed by atoms with Crippen LogP contribution in [0, 0.1) is 0 Å². The summed E-state index contributed by atoms with van der Waals surface area (Å²) in [5, 5.41) is 1.68. The lowest BCUT2D eigenvalue weighted by Gasteiger charge is -2.33. The van der Waals surface area contributed by atoms with Crippen LogP contribution in [0.3, 0.4) is 0 Å². The molecular weight excluding hydrogens is 220 g/mol. The first-order valence-corrected chi connectivity index (χ1v) is 4.67. The monoisotopic (exact) mass is 226 g/mol. The summed E-state index contributed by atoms with van der Waals surface area (Å²) in [5.74, 6) is 0. The van der Waals surface area contributed by atoms with Crippen LogP contribution >= 0.6 is 11.3 Å². The first kappa shape index (κ1) is 9.85. The van der Waals surface area contributed by atoms with Crippen LogP contribution in [0.25, 0.3) is 0 Å². The molecule has 0 spiro atoms. The van der Waals surface area contributed by atoms with E-state index in [1.54, 1.807) is 0 Å². The molecule has 1 aliphatic rings. The van der Waals surface area contributed by atoms with E-state index in [0.29, 0.717) is 11.3 Å². The topological polar surface area (TPSA) is 24.9 Å². The third kappa shape index (κ3) is 1.50. The summed E-state index contributed by atoms with van der Waals surface area (Å²) in [7, 11) is 0. The number of rotatable bonds is 1. The molecule has 1 aliphatic heterocycles. The number of aromatic nitrogens is 1. The van der Waals surface area contributed by atoms with E-state index in [1.807, 2.05) is 0 Å². The van der Waals surface area contributed by atoms with Gasteiger partial charge < -0.3 is 5.32 Å². The summed E-state index contributed by atoms with van der Waals surface area (Å²) >= 11 is 0.371. The Morgan fingerprint density at radius 2 is 2.07 bits per heavy atom. The van der Waals surface area contributed by atoms with Crippen molar-refractivity contribution in [2.24, 2.45) is 0 Å². The number of halogens is 4. The molecule has 7 heteroatoms. The summed E-state index contributed by atoms with van der Waals surface area (Å²) in [6.07, 6.45) is -3.51. The molecular formula is C7H6F4N2S. The van der Waals surface area contributed by atoms with Crippen LogP contribution in [-0.2, 0) is 11.8 Å². The fraction of sp³-hybridized carbons (Fsp3) is 0.571. The van der Waals surface area contributed by atoms with E-state index in [1.165, 1.54) is 0 Å². The SMILES string of the molecule is FC(F)(F)c1ncc(C2(F)CNC2)s1. The molecule has 14 heavy (non-hydrogen) atoms. The average Bonchev–Trinajstić information content (AvgIpc) is 2.46. The molecule has 1 aromatic heterocycles. The van der Waals surface area contributed by atoms with Gasteiger partial charge in [0.2, 0.25) is 0 Å². The normalized spacial score (nSPS) is 20.6. The molecule has 0 saturated carbocycles. The van der Waals surface area contributed by atoms with Gasteiger partial charge in [0.25, 0.3) is 0 Å². The van der Waals surface area contributed by atoms with Gasteiger partial charge in [-0.25, -0.2) is 9.37 Å². The highest BCUT2D eigenvalue weighted by molar-refractivity contribution is 7.11. The van der Waals surface area contributed by atoms with Gasteiger partial charge >= 0.3 is 6.18 Å². The van der Waals surface area contributed by atoms with Crippen molar-refractivity contribution in [2.45, 2.75) is 11.8 Å². The zero-order valence-corrected chi connectivity index (χ0v) is 7.68. The molecule has 2 heterocycles. The minimum atomic E-state index is -4.48. The lowest BCUT2D eigenvalue weighted by Crippen LogP contribution is -2.53. The number of hydrogen-bond donors (Lipinski definition) is 1. The fourth-order valence-electron chi connectivity index (χ4n) is 1.13. The fourth-order valence-corrected chi connectivity index (χ4v) is 1.99.